The predicted molar refractivity (Wildman–Crippen MR) is 105 cm³/mol. The minimum Gasteiger partial charge on any atom is -0.396 e. The maximum absolute atomic E-state index is 9.44. The first-order valence-electron chi connectivity index (χ1n) is 9.35. The quantitative estimate of drug-likeness (QED) is 0.735. The van der Waals surface area contributed by atoms with Gasteiger partial charge in [-0.05, 0) is 42.0 Å². The average Bonchev–Trinajstić information content (AvgIpc) is 3.17. The number of likely N-dealkylation sites (tertiary alicyclic amines) is 1. The van der Waals surface area contributed by atoms with Gasteiger partial charge in [0.25, 0.3) is 0 Å². The highest BCUT2D eigenvalue weighted by atomic mass is 16.3. The lowest BCUT2D eigenvalue weighted by Crippen LogP contribution is -2.36. The fourth-order valence-corrected chi connectivity index (χ4v) is 3.83. The van der Waals surface area contributed by atoms with Gasteiger partial charge in [-0.2, -0.15) is 5.10 Å². The van der Waals surface area contributed by atoms with Crippen LogP contribution in [0.5, 0.6) is 0 Å². The van der Waals surface area contributed by atoms with Crippen molar-refractivity contribution < 1.29 is 5.11 Å². The number of nitrogens with zero attached hydrogens (tertiary/aromatic N) is 2. The molecular weight excluding hydrogens is 322 g/mol. The molecule has 0 saturated carbocycles. The summed E-state index contributed by atoms with van der Waals surface area (Å²) in [6.45, 7) is 3.22. The largest absolute Gasteiger partial charge is 0.396 e. The fraction of sp³-hybridized carbons (Fsp3) is 0.318. The van der Waals surface area contributed by atoms with Gasteiger partial charge in [-0.25, -0.2) is 0 Å². The first-order chi connectivity index (χ1) is 12.8. The van der Waals surface area contributed by atoms with E-state index in [1.165, 1.54) is 16.7 Å². The molecule has 26 heavy (non-hydrogen) atoms. The van der Waals surface area contributed by atoms with E-state index in [9.17, 15) is 5.11 Å². The van der Waals surface area contributed by atoms with Crippen LogP contribution in [-0.2, 0) is 6.54 Å². The van der Waals surface area contributed by atoms with Gasteiger partial charge in [0.05, 0.1) is 11.9 Å². The van der Waals surface area contributed by atoms with Gasteiger partial charge < -0.3 is 5.11 Å². The zero-order valence-electron chi connectivity index (χ0n) is 14.9. The van der Waals surface area contributed by atoms with Crippen molar-refractivity contribution in [3.8, 4) is 22.4 Å². The molecule has 0 amide bonds. The lowest BCUT2D eigenvalue weighted by atomic mass is 9.98. The second kappa shape index (κ2) is 7.85. The molecular formula is C22H25N3O. The summed E-state index contributed by atoms with van der Waals surface area (Å²) < 4.78 is 0. The average molecular weight is 347 g/mol. The van der Waals surface area contributed by atoms with E-state index in [0.29, 0.717) is 5.92 Å². The Hall–Kier alpha value is -2.43. The van der Waals surface area contributed by atoms with Crippen molar-refractivity contribution in [3.05, 3.63) is 66.4 Å². The van der Waals surface area contributed by atoms with Crippen molar-refractivity contribution in [2.24, 2.45) is 5.92 Å². The van der Waals surface area contributed by atoms with Gasteiger partial charge >= 0.3 is 0 Å². The van der Waals surface area contributed by atoms with E-state index < -0.39 is 0 Å². The highest BCUT2D eigenvalue weighted by Gasteiger charge is 2.20. The van der Waals surface area contributed by atoms with E-state index in [-0.39, 0.29) is 6.61 Å². The summed E-state index contributed by atoms with van der Waals surface area (Å²) in [4.78, 5) is 2.43. The van der Waals surface area contributed by atoms with Crippen LogP contribution in [0.25, 0.3) is 22.4 Å². The Balaban J connectivity index is 1.51. The summed E-state index contributed by atoms with van der Waals surface area (Å²) in [6.07, 6.45) is 4.22. The van der Waals surface area contributed by atoms with Crippen molar-refractivity contribution in [2.75, 3.05) is 19.7 Å². The zero-order valence-corrected chi connectivity index (χ0v) is 14.9. The molecule has 0 aliphatic carbocycles. The first kappa shape index (κ1) is 17.0. The van der Waals surface area contributed by atoms with Crippen LogP contribution in [0.3, 0.4) is 0 Å². The molecule has 1 fully saturated rings. The van der Waals surface area contributed by atoms with Crippen molar-refractivity contribution in [1.29, 1.82) is 0 Å². The molecule has 0 spiro atoms. The van der Waals surface area contributed by atoms with E-state index in [2.05, 4.69) is 63.6 Å². The maximum atomic E-state index is 9.44. The molecule has 0 radical (unpaired) electrons. The number of aliphatic hydroxyl groups is 1. The van der Waals surface area contributed by atoms with E-state index in [4.69, 9.17) is 0 Å². The summed E-state index contributed by atoms with van der Waals surface area (Å²) in [6, 6.07) is 19.1. The summed E-state index contributed by atoms with van der Waals surface area (Å²) in [5.74, 6) is 0.407. The number of H-pyrrole nitrogens is 1. The monoisotopic (exact) mass is 347 g/mol. The number of rotatable bonds is 5. The van der Waals surface area contributed by atoms with E-state index >= 15 is 0 Å². The Morgan fingerprint density at radius 3 is 2.50 bits per heavy atom. The van der Waals surface area contributed by atoms with Crippen LogP contribution in [-0.4, -0.2) is 39.9 Å². The number of hydrogen-bond acceptors (Lipinski definition) is 3. The predicted octanol–water partition coefficient (Wildman–Crippen LogP) is 3.95. The molecule has 4 nitrogen and oxygen atoms in total. The third-order valence-corrected chi connectivity index (χ3v) is 5.25. The first-order valence-corrected chi connectivity index (χ1v) is 9.35. The number of aromatic amines is 1. The van der Waals surface area contributed by atoms with Gasteiger partial charge in [0.15, 0.2) is 0 Å². The van der Waals surface area contributed by atoms with Gasteiger partial charge in [0.2, 0.25) is 0 Å². The normalized spacial score (nSPS) is 18.1. The van der Waals surface area contributed by atoms with Crippen molar-refractivity contribution in [3.63, 3.8) is 0 Å². The zero-order chi connectivity index (χ0) is 17.8. The van der Waals surface area contributed by atoms with Gasteiger partial charge in [0.1, 0.15) is 0 Å². The number of benzene rings is 2. The molecule has 2 heterocycles. The second-order valence-corrected chi connectivity index (χ2v) is 7.14. The summed E-state index contributed by atoms with van der Waals surface area (Å²) >= 11 is 0. The Bertz CT molecular complexity index is 826. The molecule has 1 saturated heterocycles. The van der Waals surface area contributed by atoms with E-state index in [0.717, 1.165) is 43.7 Å². The third-order valence-electron chi connectivity index (χ3n) is 5.25. The molecule has 2 N–H and O–H groups in total. The van der Waals surface area contributed by atoms with Crippen molar-refractivity contribution in [2.45, 2.75) is 19.4 Å². The standard InChI is InChI=1S/C22H25N3O/c26-16-17-5-4-12-25(14-17)15-21-13-23-24-22(21)20-10-8-19(9-11-20)18-6-2-1-3-7-18/h1-3,6-11,13,17,26H,4-5,12,14-16H2,(H,23,24)/t17-/m0/s1. The highest BCUT2D eigenvalue weighted by Crippen LogP contribution is 2.27. The number of aromatic nitrogens is 2. The molecule has 134 valence electrons. The number of hydrogen-bond donors (Lipinski definition) is 2. The van der Waals surface area contributed by atoms with Crippen LogP contribution in [0.1, 0.15) is 18.4 Å². The lowest BCUT2D eigenvalue weighted by Gasteiger charge is -2.31. The Morgan fingerprint density at radius 1 is 1.00 bits per heavy atom. The third kappa shape index (κ3) is 3.71. The number of piperidine rings is 1. The minimum atomic E-state index is 0.287. The van der Waals surface area contributed by atoms with Crippen LogP contribution >= 0.6 is 0 Å². The SMILES string of the molecule is OC[C@H]1CCCN(Cc2cn[nH]c2-c2ccc(-c3ccccc3)cc2)C1. The Morgan fingerprint density at radius 2 is 1.73 bits per heavy atom. The van der Waals surface area contributed by atoms with Crippen LogP contribution in [0, 0.1) is 5.92 Å². The molecule has 0 bridgehead atoms. The van der Waals surface area contributed by atoms with Crippen LogP contribution < -0.4 is 0 Å². The molecule has 4 heteroatoms. The highest BCUT2D eigenvalue weighted by molar-refractivity contribution is 5.69. The van der Waals surface area contributed by atoms with Crippen LogP contribution in [0.2, 0.25) is 0 Å². The Kier molecular flexibility index (Phi) is 5.14. The van der Waals surface area contributed by atoms with Crippen molar-refractivity contribution >= 4 is 0 Å². The molecule has 2 aromatic carbocycles. The Labute approximate surface area is 154 Å². The van der Waals surface area contributed by atoms with Crippen LogP contribution in [0.15, 0.2) is 60.8 Å². The summed E-state index contributed by atoms with van der Waals surface area (Å²) in [7, 11) is 0. The second-order valence-electron chi connectivity index (χ2n) is 7.14. The topological polar surface area (TPSA) is 52.1 Å². The minimum absolute atomic E-state index is 0.287. The molecule has 1 aromatic heterocycles. The number of aliphatic hydroxyl groups excluding tert-OH is 1. The van der Waals surface area contributed by atoms with Gasteiger partial charge in [0, 0.05) is 25.3 Å². The van der Waals surface area contributed by atoms with E-state index in [1.54, 1.807) is 0 Å². The molecule has 1 atom stereocenters. The summed E-state index contributed by atoms with van der Waals surface area (Å²) in [5.41, 5.74) is 5.92. The fourth-order valence-electron chi connectivity index (χ4n) is 3.83. The maximum Gasteiger partial charge on any atom is 0.0695 e. The summed E-state index contributed by atoms with van der Waals surface area (Å²) in [5, 5.41) is 16.9. The van der Waals surface area contributed by atoms with Crippen molar-refractivity contribution in [1.82, 2.24) is 15.1 Å². The van der Waals surface area contributed by atoms with Gasteiger partial charge in [-0.3, -0.25) is 10.00 Å². The molecule has 1 aliphatic rings. The van der Waals surface area contributed by atoms with Gasteiger partial charge in [-0.1, -0.05) is 54.6 Å². The molecule has 3 aromatic rings. The van der Waals surface area contributed by atoms with Gasteiger partial charge in [-0.15, -0.1) is 0 Å². The van der Waals surface area contributed by atoms with E-state index in [1.807, 2.05) is 12.3 Å². The molecule has 4 rings (SSSR count). The smallest absolute Gasteiger partial charge is 0.0695 e. The van der Waals surface area contributed by atoms with Crippen LogP contribution in [0.4, 0.5) is 0 Å². The lowest BCUT2D eigenvalue weighted by molar-refractivity contribution is 0.116. The molecule has 1 aliphatic heterocycles. The molecule has 0 unspecified atom stereocenters. The number of nitrogens with one attached hydrogen (secondary N) is 1.